The van der Waals surface area contributed by atoms with Gasteiger partial charge in [0.1, 0.15) is 5.76 Å². The Labute approximate surface area is 136 Å². The third-order valence-corrected chi connectivity index (χ3v) is 5.56. The second-order valence-corrected chi connectivity index (χ2v) is 7.25. The monoisotopic (exact) mass is 319 g/mol. The average molecular weight is 319 g/mol. The van der Waals surface area contributed by atoms with Crippen LogP contribution in [-0.4, -0.2) is 59.3 Å². The molecule has 0 aromatic carbocycles. The Balaban J connectivity index is 1.29. The zero-order valence-electron chi connectivity index (χ0n) is 13.8. The molecule has 0 aliphatic carbocycles. The van der Waals surface area contributed by atoms with Gasteiger partial charge in [0, 0.05) is 51.8 Å². The third-order valence-electron chi connectivity index (χ3n) is 5.56. The first kappa shape index (κ1) is 15.1. The first-order valence-electron chi connectivity index (χ1n) is 8.71. The second-order valence-electron chi connectivity index (χ2n) is 7.25. The van der Waals surface area contributed by atoms with Gasteiger partial charge in [-0.15, -0.1) is 0 Å². The summed E-state index contributed by atoms with van der Waals surface area (Å²) < 4.78 is 11.2. The maximum atomic E-state index is 11.8. The standard InChI is InChI=1S/C17H25N3O3/c1-13-9-15(18-23-13)10-19-11-17(12-19)14(5-8-22-17)4-7-20-6-2-3-16(20)21/h9,14H,2-8,10-12H2,1H3/t14-/m1/s1. The molecule has 0 bridgehead atoms. The number of carbonyl (C=O) groups is 1. The average Bonchev–Trinajstić information content (AvgIpc) is 3.18. The smallest absolute Gasteiger partial charge is 0.222 e. The summed E-state index contributed by atoms with van der Waals surface area (Å²) in [5.74, 6) is 1.77. The van der Waals surface area contributed by atoms with Crippen molar-refractivity contribution in [1.29, 1.82) is 0 Å². The lowest BCUT2D eigenvalue weighted by molar-refractivity contribution is -0.140. The van der Waals surface area contributed by atoms with Gasteiger partial charge in [-0.05, 0) is 32.1 Å². The predicted molar refractivity (Wildman–Crippen MR) is 83.7 cm³/mol. The van der Waals surface area contributed by atoms with Crippen molar-refractivity contribution in [1.82, 2.24) is 15.0 Å². The number of hydrogen-bond donors (Lipinski definition) is 0. The van der Waals surface area contributed by atoms with Gasteiger partial charge in [-0.2, -0.15) is 0 Å². The van der Waals surface area contributed by atoms with E-state index in [1.54, 1.807) is 0 Å². The Bertz CT molecular complexity index is 579. The van der Waals surface area contributed by atoms with Gasteiger partial charge in [-0.25, -0.2) is 0 Å². The van der Waals surface area contributed by atoms with Crippen molar-refractivity contribution in [2.75, 3.05) is 32.8 Å². The lowest BCUT2D eigenvalue weighted by atomic mass is 9.79. The van der Waals surface area contributed by atoms with E-state index in [1.807, 2.05) is 17.9 Å². The van der Waals surface area contributed by atoms with Crippen LogP contribution in [0.15, 0.2) is 10.6 Å². The summed E-state index contributed by atoms with van der Waals surface area (Å²) in [5, 5.41) is 4.07. The Hall–Kier alpha value is -1.40. The van der Waals surface area contributed by atoms with E-state index < -0.39 is 0 Å². The summed E-state index contributed by atoms with van der Waals surface area (Å²) in [5.41, 5.74) is 1.01. The lowest BCUT2D eigenvalue weighted by Gasteiger charge is -2.50. The molecule has 6 heteroatoms. The molecular formula is C17H25N3O3. The van der Waals surface area contributed by atoms with E-state index in [4.69, 9.17) is 9.26 Å². The molecular weight excluding hydrogens is 294 g/mol. The van der Waals surface area contributed by atoms with Gasteiger partial charge in [0.2, 0.25) is 5.91 Å². The van der Waals surface area contributed by atoms with Crippen molar-refractivity contribution in [2.24, 2.45) is 5.92 Å². The highest BCUT2D eigenvalue weighted by molar-refractivity contribution is 5.77. The van der Waals surface area contributed by atoms with Crippen LogP contribution in [0.3, 0.4) is 0 Å². The quantitative estimate of drug-likeness (QED) is 0.825. The lowest BCUT2D eigenvalue weighted by Crippen LogP contribution is -2.64. The molecule has 4 rings (SSSR count). The Morgan fingerprint density at radius 3 is 3.00 bits per heavy atom. The molecule has 0 N–H and O–H groups in total. The van der Waals surface area contributed by atoms with Gasteiger partial charge in [0.05, 0.1) is 11.3 Å². The second kappa shape index (κ2) is 5.91. The fourth-order valence-electron chi connectivity index (χ4n) is 4.34. The van der Waals surface area contributed by atoms with Crippen LogP contribution in [0.5, 0.6) is 0 Å². The van der Waals surface area contributed by atoms with E-state index in [2.05, 4.69) is 10.1 Å². The minimum absolute atomic E-state index is 0.0154. The molecule has 1 spiro atoms. The largest absolute Gasteiger partial charge is 0.372 e. The molecule has 6 nitrogen and oxygen atoms in total. The molecule has 3 saturated heterocycles. The van der Waals surface area contributed by atoms with E-state index in [0.717, 1.165) is 76.5 Å². The van der Waals surface area contributed by atoms with Gasteiger partial charge in [-0.1, -0.05) is 5.16 Å². The minimum atomic E-state index is 0.0154. The fraction of sp³-hybridized carbons (Fsp3) is 0.765. The normalized spacial score (nSPS) is 27.1. The van der Waals surface area contributed by atoms with Crippen molar-refractivity contribution >= 4 is 5.91 Å². The fourth-order valence-corrected chi connectivity index (χ4v) is 4.34. The molecule has 1 amide bonds. The minimum Gasteiger partial charge on any atom is -0.372 e. The Morgan fingerprint density at radius 2 is 2.30 bits per heavy atom. The number of likely N-dealkylation sites (tertiary alicyclic amines) is 2. The maximum absolute atomic E-state index is 11.8. The highest BCUT2D eigenvalue weighted by Gasteiger charge is 2.52. The predicted octanol–water partition coefficient (Wildman–Crippen LogP) is 1.59. The summed E-state index contributed by atoms with van der Waals surface area (Å²) in [7, 11) is 0. The zero-order valence-corrected chi connectivity index (χ0v) is 13.8. The van der Waals surface area contributed by atoms with Crippen molar-refractivity contribution in [3.05, 3.63) is 17.5 Å². The van der Waals surface area contributed by atoms with Crippen LogP contribution in [0.25, 0.3) is 0 Å². The molecule has 3 aliphatic rings. The van der Waals surface area contributed by atoms with Crippen LogP contribution in [0.4, 0.5) is 0 Å². The summed E-state index contributed by atoms with van der Waals surface area (Å²) in [6, 6.07) is 2.00. The molecule has 0 unspecified atom stereocenters. The molecule has 1 atom stereocenters. The zero-order chi connectivity index (χ0) is 15.9. The summed E-state index contributed by atoms with van der Waals surface area (Å²) in [6.45, 7) is 7.39. The maximum Gasteiger partial charge on any atom is 0.222 e. The van der Waals surface area contributed by atoms with Crippen LogP contribution in [0.2, 0.25) is 0 Å². The molecule has 1 aromatic heterocycles. The molecule has 126 valence electrons. The number of aryl methyl sites for hydroxylation is 1. The molecule has 1 aromatic rings. The topological polar surface area (TPSA) is 58.8 Å². The van der Waals surface area contributed by atoms with E-state index in [-0.39, 0.29) is 5.60 Å². The van der Waals surface area contributed by atoms with Crippen molar-refractivity contribution in [2.45, 2.75) is 44.8 Å². The number of aromatic nitrogens is 1. The van der Waals surface area contributed by atoms with Crippen molar-refractivity contribution in [3.8, 4) is 0 Å². The summed E-state index contributed by atoms with van der Waals surface area (Å²) >= 11 is 0. The number of nitrogens with zero attached hydrogens (tertiary/aromatic N) is 3. The molecule has 4 heterocycles. The molecule has 3 fully saturated rings. The Kier molecular flexibility index (Phi) is 3.89. The van der Waals surface area contributed by atoms with Gasteiger partial charge in [0.15, 0.2) is 0 Å². The summed E-state index contributed by atoms with van der Waals surface area (Å²) in [4.78, 5) is 16.2. The first-order chi connectivity index (χ1) is 11.1. The van der Waals surface area contributed by atoms with Crippen LogP contribution in [0.1, 0.15) is 37.1 Å². The summed E-state index contributed by atoms with van der Waals surface area (Å²) in [6.07, 6.45) is 3.95. The van der Waals surface area contributed by atoms with E-state index in [9.17, 15) is 4.79 Å². The van der Waals surface area contributed by atoms with Crippen molar-refractivity contribution < 1.29 is 14.1 Å². The van der Waals surface area contributed by atoms with Gasteiger partial charge in [0.25, 0.3) is 0 Å². The third kappa shape index (κ3) is 2.90. The van der Waals surface area contributed by atoms with Crippen LogP contribution >= 0.6 is 0 Å². The van der Waals surface area contributed by atoms with E-state index in [1.165, 1.54) is 0 Å². The van der Waals surface area contributed by atoms with Gasteiger partial charge in [-0.3, -0.25) is 9.69 Å². The highest BCUT2D eigenvalue weighted by Crippen LogP contribution is 2.42. The van der Waals surface area contributed by atoms with Gasteiger partial charge < -0.3 is 14.2 Å². The number of rotatable bonds is 5. The van der Waals surface area contributed by atoms with Crippen LogP contribution in [-0.2, 0) is 16.1 Å². The number of amides is 1. The van der Waals surface area contributed by atoms with Crippen LogP contribution < -0.4 is 0 Å². The SMILES string of the molecule is Cc1cc(CN2CC3(C2)OCC[C@H]3CCN2CCCC2=O)no1. The molecule has 0 radical (unpaired) electrons. The first-order valence-corrected chi connectivity index (χ1v) is 8.71. The molecule has 0 saturated carbocycles. The van der Waals surface area contributed by atoms with E-state index in [0.29, 0.717) is 11.8 Å². The highest BCUT2D eigenvalue weighted by atomic mass is 16.5. The number of hydrogen-bond acceptors (Lipinski definition) is 5. The number of carbonyl (C=O) groups excluding carboxylic acids is 1. The molecule has 23 heavy (non-hydrogen) atoms. The van der Waals surface area contributed by atoms with Crippen molar-refractivity contribution in [3.63, 3.8) is 0 Å². The van der Waals surface area contributed by atoms with Crippen LogP contribution in [0, 0.1) is 12.8 Å². The Morgan fingerprint density at radius 1 is 1.43 bits per heavy atom. The number of ether oxygens (including phenoxy) is 1. The molecule has 3 aliphatic heterocycles. The van der Waals surface area contributed by atoms with E-state index >= 15 is 0 Å². The van der Waals surface area contributed by atoms with Gasteiger partial charge >= 0.3 is 0 Å².